The zero-order valence-corrected chi connectivity index (χ0v) is 14.7. The summed E-state index contributed by atoms with van der Waals surface area (Å²) in [7, 11) is 0. The Morgan fingerprint density at radius 1 is 1.35 bits per heavy atom. The highest BCUT2D eigenvalue weighted by Crippen LogP contribution is 2.19. The molecule has 1 aliphatic heterocycles. The molecule has 134 valence electrons. The molecule has 1 aromatic carbocycles. The maximum Gasteiger partial charge on any atom is 0.275 e. The highest BCUT2D eigenvalue weighted by molar-refractivity contribution is 6.04. The summed E-state index contributed by atoms with van der Waals surface area (Å²) in [5, 5.41) is 8.03. The number of amides is 1. The first-order valence-electron chi connectivity index (χ1n) is 8.78. The largest absolute Gasteiger partial charge is 0.379 e. The lowest BCUT2D eigenvalue weighted by atomic mass is 10.0. The van der Waals surface area contributed by atoms with Gasteiger partial charge in [-0.15, -0.1) is 0 Å². The fourth-order valence-electron chi connectivity index (χ4n) is 3.38. The third-order valence-electron chi connectivity index (χ3n) is 4.66. The normalized spacial score (nSPS) is 18.0. The summed E-state index contributed by atoms with van der Waals surface area (Å²) in [5.41, 5.74) is 3.26. The van der Waals surface area contributed by atoms with E-state index >= 15 is 0 Å². The van der Waals surface area contributed by atoms with Crippen molar-refractivity contribution >= 4 is 16.8 Å². The van der Waals surface area contributed by atoms with Crippen LogP contribution in [0.25, 0.3) is 10.9 Å². The third-order valence-corrected chi connectivity index (χ3v) is 4.66. The van der Waals surface area contributed by atoms with Crippen LogP contribution >= 0.6 is 0 Å². The van der Waals surface area contributed by atoms with Crippen LogP contribution in [0.2, 0.25) is 0 Å². The Hall–Kier alpha value is -2.80. The molecule has 4 rings (SSSR count). The van der Waals surface area contributed by atoms with E-state index in [2.05, 4.69) is 20.2 Å². The molecule has 2 aromatic heterocycles. The molecule has 1 unspecified atom stereocenters. The van der Waals surface area contributed by atoms with Crippen molar-refractivity contribution < 1.29 is 9.53 Å². The third kappa shape index (κ3) is 3.43. The smallest absolute Gasteiger partial charge is 0.275 e. The summed E-state index contributed by atoms with van der Waals surface area (Å²) in [4.78, 5) is 23.4. The molecule has 1 aliphatic rings. The molecule has 0 radical (unpaired) electrons. The van der Waals surface area contributed by atoms with Crippen molar-refractivity contribution in [1.29, 1.82) is 0 Å². The van der Waals surface area contributed by atoms with Gasteiger partial charge in [-0.25, -0.2) is 9.97 Å². The van der Waals surface area contributed by atoms with Crippen LogP contribution in [-0.2, 0) is 11.2 Å². The minimum Gasteiger partial charge on any atom is -0.379 e. The second kappa shape index (κ2) is 7.21. The van der Waals surface area contributed by atoms with Gasteiger partial charge in [-0.1, -0.05) is 18.2 Å². The van der Waals surface area contributed by atoms with Gasteiger partial charge in [0.25, 0.3) is 5.91 Å². The van der Waals surface area contributed by atoms with E-state index in [9.17, 15) is 4.79 Å². The maximum absolute atomic E-state index is 13.0. The van der Waals surface area contributed by atoms with Gasteiger partial charge < -0.3 is 9.64 Å². The fourth-order valence-corrected chi connectivity index (χ4v) is 3.38. The predicted molar refractivity (Wildman–Crippen MR) is 96.8 cm³/mol. The van der Waals surface area contributed by atoms with Crippen LogP contribution in [-0.4, -0.2) is 57.3 Å². The zero-order chi connectivity index (χ0) is 17.9. The molecule has 0 bridgehead atoms. The number of hydrogen-bond donors (Lipinski definition) is 1. The predicted octanol–water partition coefficient (Wildman–Crippen LogP) is 1.99. The summed E-state index contributed by atoms with van der Waals surface area (Å²) >= 11 is 0. The van der Waals surface area contributed by atoms with Crippen molar-refractivity contribution in [2.45, 2.75) is 13.3 Å². The first-order valence-corrected chi connectivity index (χ1v) is 8.78. The summed E-state index contributed by atoms with van der Waals surface area (Å²) < 4.78 is 5.73. The van der Waals surface area contributed by atoms with Gasteiger partial charge in [0.15, 0.2) is 5.69 Å². The highest BCUT2D eigenvalue weighted by atomic mass is 16.5. The van der Waals surface area contributed by atoms with E-state index in [1.165, 1.54) is 0 Å². The highest BCUT2D eigenvalue weighted by Gasteiger charge is 2.26. The number of nitrogens with zero attached hydrogens (tertiary/aromatic N) is 4. The monoisotopic (exact) mass is 351 g/mol. The first-order chi connectivity index (χ1) is 12.7. The first kappa shape index (κ1) is 16.7. The van der Waals surface area contributed by atoms with E-state index in [0.717, 1.165) is 28.7 Å². The van der Waals surface area contributed by atoms with Crippen LogP contribution in [0.3, 0.4) is 0 Å². The van der Waals surface area contributed by atoms with Crippen molar-refractivity contribution in [2.24, 2.45) is 5.92 Å². The number of ether oxygens (including phenoxy) is 1. The molecule has 7 heteroatoms. The van der Waals surface area contributed by atoms with Gasteiger partial charge in [-0.2, -0.15) is 5.10 Å². The van der Waals surface area contributed by atoms with Crippen molar-refractivity contribution in [2.75, 3.05) is 26.3 Å². The van der Waals surface area contributed by atoms with Gasteiger partial charge in [0.2, 0.25) is 0 Å². The molecule has 1 atom stereocenters. The number of carbonyl (C=O) groups is 1. The maximum atomic E-state index is 13.0. The van der Waals surface area contributed by atoms with Crippen LogP contribution in [0.1, 0.15) is 21.9 Å². The second-order valence-corrected chi connectivity index (χ2v) is 6.66. The molecular formula is C19H21N5O2. The van der Waals surface area contributed by atoms with Gasteiger partial charge in [0.1, 0.15) is 6.33 Å². The van der Waals surface area contributed by atoms with Crippen LogP contribution in [0, 0.1) is 12.8 Å². The molecule has 1 N–H and O–H groups in total. The summed E-state index contributed by atoms with van der Waals surface area (Å²) in [6.07, 6.45) is 2.34. The molecule has 1 saturated heterocycles. The SMILES string of the molecule is Cc1cc(CC2COCCN(C(=O)c3n[nH]c4ccccc34)C2)ncn1. The molecule has 0 spiro atoms. The fraction of sp³-hybridized carbons (Fsp3) is 0.368. The molecule has 0 saturated carbocycles. The summed E-state index contributed by atoms with van der Waals surface area (Å²) in [6.45, 7) is 4.30. The number of rotatable bonds is 3. The van der Waals surface area contributed by atoms with Crippen molar-refractivity contribution in [1.82, 2.24) is 25.1 Å². The van der Waals surface area contributed by atoms with E-state index in [0.29, 0.717) is 32.0 Å². The number of para-hydroxylation sites is 1. The van der Waals surface area contributed by atoms with Crippen LogP contribution in [0.4, 0.5) is 0 Å². The van der Waals surface area contributed by atoms with Gasteiger partial charge in [0, 0.05) is 35.8 Å². The zero-order valence-electron chi connectivity index (χ0n) is 14.7. The lowest BCUT2D eigenvalue weighted by Gasteiger charge is -2.23. The Morgan fingerprint density at radius 2 is 2.23 bits per heavy atom. The van der Waals surface area contributed by atoms with Crippen molar-refractivity contribution in [3.05, 3.63) is 53.7 Å². The number of aromatic nitrogens is 4. The number of aromatic amines is 1. The number of nitrogens with one attached hydrogen (secondary N) is 1. The number of H-pyrrole nitrogens is 1. The number of hydrogen-bond acceptors (Lipinski definition) is 5. The number of carbonyl (C=O) groups excluding carboxylic acids is 1. The topological polar surface area (TPSA) is 84.0 Å². The number of aryl methyl sites for hydroxylation is 1. The molecule has 1 amide bonds. The lowest BCUT2D eigenvalue weighted by Crippen LogP contribution is -2.36. The Labute approximate surface area is 151 Å². The molecule has 26 heavy (non-hydrogen) atoms. The average molecular weight is 351 g/mol. The number of fused-ring (bicyclic) bond motifs is 1. The van der Waals surface area contributed by atoms with Crippen molar-refractivity contribution in [3.63, 3.8) is 0 Å². The van der Waals surface area contributed by atoms with Gasteiger partial charge >= 0.3 is 0 Å². The summed E-state index contributed by atoms with van der Waals surface area (Å²) in [6, 6.07) is 9.67. The Morgan fingerprint density at radius 3 is 3.12 bits per heavy atom. The van der Waals surface area contributed by atoms with Gasteiger partial charge in [0.05, 0.1) is 18.7 Å². The average Bonchev–Trinajstić information content (AvgIpc) is 2.94. The quantitative estimate of drug-likeness (QED) is 0.780. The minimum absolute atomic E-state index is 0.0585. The molecule has 7 nitrogen and oxygen atoms in total. The summed E-state index contributed by atoms with van der Waals surface area (Å²) in [5.74, 6) is 0.137. The Bertz CT molecular complexity index is 923. The standard InChI is InChI=1S/C19H21N5O2/c1-13-8-15(21-12-20-13)9-14-10-24(6-7-26-11-14)19(25)18-16-4-2-3-5-17(16)22-23-18/h2-5,8,12,14H,6-7,9-11H2,1H3,(H,22,23). The molecule has 1 fully saturated rings. The van der Waals surface area contributed by atoms with Crippen LogP contribution in [0.5, 0.6) is 0 Å². The van der Waals surface area contributed by atoms with E-state index in [1.807, 2.05) is 42.2 Å². The van der Waals surface area contributed by atoms with Crippen molar-refractivity contribution in [3.8, 4) is 0 Å². The minimum atomic E-state index is -0.0585. The lowest BCUT2D eigenvalue weighted by molar-refractivity contribution is 0.0733. The molecule has 0 aliphatic carbocycles. The van der Waals surface area contributed by atoms with E-state index < -0.39 is 0 Å². The van der Waals surface area contributed by atoms with Crippen LogP contribution in [0.15, 0.2) is 36.7 Å². The molecular weight excluding hydrogens is 330 g/mol. The number of benzene rings is 1. The second-order valence-electron chi connectivity index (χ2n) is 6.66. The van der Waals surface area contributed by atoms with E-state index in [-0.39, 0.29) is 11.8 Å². The van der Waals surface area contributed by atoms with E-state index in [4.69, 9.17) is 4.74 Å². The van der Waals surface area contributed by atoms with E-state index in [1.54, 1.807) is 6.33 Å². The Balaban J connectivity index is 1.53. The van der Waals surface area contributed by atoms with Crippen LogP contribution < -0.4 is 0 Å². The molecule has 3 aromatic rings. The molecule has 3 heterocycles. The Kier molecular flexibility index (Phi) is 4.62. The van der Waals surface area contributed by atoms with Gasteiger partial charge in [-0.05, 0) is 25.5 Å². The van der Waals surface area contributed by atoms with Gasteiger partial charge in [-0.3, -0.25) is 9.89 Å².